The van der Waals surface area contributed by atoms with Gasteiger partial charge in [-0.1, -0.05) is 6.07 Å². The van der Waals surface area contributed by atoms with Crippen LogP contribution in [0.1, 0.15) is 22.8 Å². The van der Waals surface area contributed by atoms with Crippen molar-refractivity contribution in [3.8, 4) is 11.5 Å². The number of nitrogens with one attached hydrogen (secondary N) is 2. The van der Waals surface area contributed by atoms with Crippen molar-refractivity contribution in [1.29, 1.82) is 0 Å². The lowest BCUT2D eigenvalue weighted by atomic mass is 10.1. The fraction of sp³-hybridized carbons (Fsp3) is 0.0526. The molecule has 10 heteroatoms. The molecule has 0 atom stereocenters. The Morgan fingerprint density at radius 1 is 1.07 bits per heavy atom. The van der Waals surface area contributed by atoms with E-state index in [2.05, 4.69) is 15.2 Å². The highest BCUT2D eigenvalue weighted by Gasteiger charge is 2.15. The summed E-state index contributed by atoms with van der Waals surface area (Å²) >= 11 is 1.11. The van der Waals surface area contributed by atoms with Crippen LogP contribution in [-0.2, 0) is 10.0 Å². The summed E-state index contributed by atoms with van der Waals surface area (Å²) < 4.78 is 27.1. The lowest BCUT2D eigenvalue weighted by molar-refractivity contribution is 0.0955. The largest absolute Gasteiger partial charge is 0.508 e. The Morgan fingerprint density at radius 2 is 1.79 bits per heavy atom. The molecule has 3 rings (SSSR count). The molecule has 0 aliphatic carbocycles. The van der Waals surface area contributed by atoms with E-state index in [1.165, 1.54) is 48.5 Å². The fourth-order valence-electron chi connectivity index (χ4n) is 2.40. The molecule has 0 spiro atoms. The van der Waals surface area contributed by atoms with Gasteiger partial charge in [0, 0.05) is 22.9 Å². The fourth-order valence-corrected chi connectivity index (χ4v) is 4.45. The van der Waals surface area contributed by atoms with Crippen LogP contribution < -0.4 is 10.1 Å². The number of thiophene rings is 1. The number of amides is 1. The SMILES string of the molecule is CC(=NNC(=O)c1ccc(NS(=O)(=O)c2cccs2)cc1)c1ccc(O)cc1O. The highest BCUT2D eigenvalue weighted by atomic mass is 32.2. The minimum absolute atomic E-state index is 0.0853. The number of benzene rings is 2. The molecule has 1 amide bonds. The summed E-state index contributed by atoms with van der Waals surface area (Å²) in [6.07, 6.45) is 0. The molecule has 3 aromatic rings. The molecule has 0 saturated heterocycles. The number of hydrogen-bond donors (Lipinski definition) is 4. The minimum Gasteiger partial charge on any atom is -0.508 e. The summed E-state index contributed by atoms with van der Waals surface area (Å²) in [5.41, 5.74) is 3.67. The molecule has 0 aliphatic heterocycles. The highest BCUT2D eigenvalue weighted by molar-refractivity contribution is 7.94. The lowest BCUT2D eigenvalue weighted by Gasteiger charge is -2.08. The maximum Gasteiger partial charge on any atom is 0.271 e. The second-order valence-electron chi connectivity index (χ2n) is 5.95. The van der Waals surface area contributed by atoms with Crippen LogP contribution in [0, 0.1) is 0 Å². The number of hydrogen-bond acceptors (Lipinski definition) is 7. The number of sulfonamides is 1. The second-order valence-corrected chi connectivity index (χ2v) is 8.81. The zero-order valence-electron chi connectivity index (χ0n) is 15.2. The van der Waals surface area contributed by atoms with E-state index < -0.39 is 15.9 Å². The number of phenolic OH excluding ortho intramolecular Hbond substituents is 2. The first-order valence-electron chi connectivity index (χ1n) is 8.29. The third-order valence-electron chi connectivity index (χ3n) is 3.86. The number of carbonyl (C=O) groups excluding carboxylic acids is 1. The maximum atomic E-state index is 12.2. The van der Waals surface area contributed by atoms with Crippen LogP contribution >= 0.6 is 11.3 Å². The van der Waals surface area contributed by atoms with Gasteiger partial charge in [-0.25, -0.2) is 13.8 Å². The van der Waals surface area contributed by atoms with Crippen molar-refractivity contribution in [3.63, 3.8) is 0 Å². The van der Waals surface area contributed by atoms with E-state index in [1.54, 1.807) is 18.4 Å². The van der Waals surface area contributed by atoms with E-state index in [4.69, 9.17) is 0 Å². The molecular weight excluding hydrogens is 414 g/mol. The van der Waals surface area contributed by atoms with Crippen molar-refractivity contribution in [3.05, 3.63) is 71.1 Å². The first kappa shape index (κ1) is 20.4. The number of aromatic hydroxyl groups is 2. The number of anilines is 1. The minimum atomic E-state index is -3.66. The molecule has 1 heterocycles. The quantitative estimate of drug-likeness (QED) is 0.352. The summed E-state index contributed by atoms with van der Waals surface area (Å²) in [5.74, 6) is -0.754. The number of hydrazone groups is 1. The van der Waals surface area contributed by atoms with Gasteiger partial charge in [-0.2, -0.15) is 5.10 Å². The van der Waals surface area contributed by atoms with Gasteiger partial charge in [0.05, 0.1) is 5.71 Å². The Labute approximate surface area is 171 Å². The Kier molecular flexibility index (Phi) is 5.85. The smallest absolute Gasteiger partial charge is 0.271 e. The maximum absolute atomic E-state index is 12.2. The zero-order valence-corrected chi connectivity index (χ0v) is 16.8. The second kappa shape index (κ2) is 8.33. The Balaban J connectivity index is 1.67. The molecule has 0 bridgehead atoms. The van der Waals surface area contributed by atoms with Gasteiger partial charge >= 0.3 is 0 Å². The van der Waals surface area contributed by atoms with Crippen LogP contribution in [-0.4, -0.2) is 30.2 Å². The zero-order chi connectivity index (χ0) is 21.0. The van der Waals surface area contributed by atoms with Crippen LogP contribution in [0.4, 0.5) is 5.69 Å². The van der Waals surface area contributed by atoms with E-state index >= 15 is 0 Å². The molecule has 0 saturated carbocycles. The first-order chi connectivity index (χ1) is 13.8. The average molecular weight is 431 g/mol. The van der Waals surface area contributed by atoms with Crippen molar-refractivity contribution in [2.24, 2.45) is 5.10 Å². The molecule has 150 valence electrons. The highest BCUT2D eigenvalue weighted by Crippen LogP contribution is 2.23. The Hall–Kier alpha value is -3.37. The van der Waals surface area contributed by atoms with Crippen molar-refractivity contribution >= 4 is 38.7 Å². The van der Waals surface area contributed by atoms with E-state index in [9.17, 15) is 23.4 Å². The summed E-state index contributed by atoms with van der Waals surface area (Å²) in [7, 11) is -3.66. The molecule has 0 unspecified atom stereocenters. The summed E-state index contributed by atoms with van der Waals surface area (Å²) in [4.78, 5) is 12.2. The van der Waals surface area contributed by atoms with Crippen LogP contribution in [0.25, 0.3) is 0 Å². The summed E-state index contributed by atoms with van der Waals surface area (Å²) in [6, 6.07) is 13.1. The van der Waals surface area contributed by atoms with Crippen LogP contribution in [0.2, 0.25) is 0 Å². The van der Waals surface area contributed by atoms with Crippen LogP contribution in [0.15, 0.2) is 69.3 Å². The summed E-state index contributed by atoms with van der Waals surface area (Å²) in [6.45, 7) is 1.59. The standard InChI is InChI=1S/C19H17N3O5S2/c1-12(16-9-8-15(23)11-17(16)24)20-21-19(25)13-4-6-14(7-5-13)22-29(26,27)18-3-2-10-28-18/h2-11,22-24H,1H3,(H,21,25). The van der Waals surface area contributed by atoms with Crippen molar-refractivity contribution in [2.75, 3.05) is 4.72 Å². The van der Waals surface area contributed by atoms with Crippen molar-refractivity contribution in [2.45, 2.75) is 11.1 Å². The monoisotopic (exact) mass is 431 g/mol. The normalized spacial score (nSPS) is 11.8. The molecule has 4 N–H and O–H groups in total. The van der Waals surface area contributed by atoms with E-state index in [-0.39, 0.29) is 21.3 Å². The molecule has 2 aromatic carbocycles. The third kappa shape index (κ3) is 4.92. The molecular formula is C19H17N3O5S2. The van der Waals surface area contributed by atoms with Gasteiger partial charge in [-0.15, -0.1) is 11.3 Å². The molecule has 0 aliphatic rings. The Bertz CT molecular complexity index is 1160. The summed E-state index contributed by atoms with van der Waals surface area (Å²) in [5, 5.41) is 24.8. The van der Waals surface area contributed by atoms with Gasteiger partial charge in [0.1, 0.15) is 15.7 Å². The predicted octanol–water partition coefficient (Wildman–Crippen LogP) is 3.11. The van der Waals surface area contributed by atoms with Gasteiger partial charge in [-0.05, 0) is 54.8 Å². The van der Waals surface area contributed by atoms with E-state index in [1.807, 2.05) is 0 Å². The number of rotatable bonds is 6. The molecule has 1 aromatic heterocycles. The van der Waals surface area contributed by atoms with Crippen molar-refractivity contribution < 1.29 is 23.4 Å². The number of phenols is 2. The molecule has 8 nitrogen and oxygen atoms in total. The van der Waals surface area contributed by atoms with Gasteiger partial charge < -0.3 is 10.2 Å². The van der Waals surface area contributed by atoms with Gasteiger partial charge in [0.25, 0.3) is 15.9 Å². The van der Waals surface area contributed by atoms with Crippen LogP contribution in [0.3, 0.4) is 0 Å². The lowest BCUT2D eigenvalue weighted by Crippen LogP contribution is -2.19. The van der Waals surface area contributed by atoms with Crippen LogP contribution in [0.5, 0.6) is 11.5 Å². The van der Waals surface area contributed by atoms with Gasteiger partial charge in [0.15, 0.2) is 0 Å². The van der Waals surface area contributed by atoms with Gasteiger partial charge in [-0.3, -0.25) is 9.52 Å². The average Bonchev–Trinajstić information content (AvgIpc) is 3.22. The molecule has 0 fully saturated rings. The van der Waals surface area contributed by atoms with E-state index in [0.717, 1.165) is 11.3 Å². The first-order valence-corrected chi connectivity index (χ1v) is 10.7. The topological polar surface area (TPSA) is 128 Å². The molecule has 29 heavy (non-hydrogen) atoms. The predicted molar refractivity (Wildman–Crippen MR) is 111 cm³/mol. The number of carbonyl (C=O) groups is 1. The Morgan fingerprint density at radius 3 is 2.41 bits per heavy atom. The van der Waals surface area contributed by atoms with E-state index in [0.29, 0.717) is 17.0 Å². The molecule has 0 radical (unpaired) electrons. The third-order valence-corrected chi connectivity index (χ3v) is 6.63. The number of nitrogens with zero attached hydrogens (tertiary/aromatic N) is 1. The van der Waals surface area contributed by atoms with Gasteiger partial charge in [0.2, 0.25) is 0 Å². The van der Waals surface area contributed by atoms with Crippen molar-refractivity contribution in [1.82, 2.24) is 5.43 Å².